The standard InChI is InChI=1S/C20H32FN3O.HI/c1-3-22-19(24-16-20(10-6-11-20)12-14-25-2)23-13-5-8-17-7-4-9-18(21)15-17;/h4,7,9,15H,3,5-6,8,10-14,16H2,1-2H3,(H2,22,23,24);1H. The Bertz CT molecular complexity index is 550. The van der Waals surface area contributed by atoms with Gasteiger partial charge in [0.1, 0.15) is 5.82 Å². The molecular formula is C20H33FIN3O. The fraction of sp³-hybridized carbons (Fsp3) is 0.650. The summed E-state index contributed by atoms with van der Waals surface area (Å²) in [5, 5.41) is 6.71. The average Bonchev–Trinajstić information content (AvgIpc) is 2.57. The van der Waals surface area contributed by atoms with E-state index < -0.39 is 0 Å². The third-order valence-electron chi connectivity index (χ3n) is 4.99. The smallest absolute Gasteiger partial charge is 0.191 e. The molecule has 2 N–H and O–H groups in total. The van der Waals surface area contributed by atoms with Crippen molar-refractivity contribution in [2.45, 2.75) is 45.4 Å². The lowest BCUT2D eigenvalue weighted by molar-refractivity contribution is 0.0778. The van der Waals surface area contributed by atoms with Crippen LogP contribution in [0, 0.1) is 11.2 Å². The van der Waals surface area contributed by atoms with Gasteiger partial charge in [-0.3, -0.25) is 4.99 Å². The fourth-order valence-corrected chi connectivity index (χ4v) is 3.26. The number of rotatable bonds is 10. The molecule has 0 saturated heterocycles. The van der Waals surface area contributed by atoms with Crippen LogP contribution in [0.1, 0.15) is 44.6 Å². The molecule has 148 valence electrons. The average molecular weight is 477 g/mol. The predicted molar refractivity (Wildman–Crippen MR) is 117 cm³/mol. The van der Waals surface area contributed by atoms with Gasteiger partial charge in [-0.2, -0.15) is 0 Å². The van der Waals surface area contributed by atoms with Gasteiger partial charge in [-0.15, -0.1) is 24.0 Å². The van der Waals surface area contributed by atoms with Crippen molar-refractivity contribution in [3.8, 4) is 0 Å². The summed E-state index contributed by atoms with van der Waals surface area (Å²) in [7, 11) is 1.76. The zero-order chi connectivity index (χ0) is 18.0. The monoisotopic (exact) mass is 477 g/mol. The number of guanidine groups is 1. The molecule has 1 aliphatic rings. The molecule has 0 bridgehead atoms. The summed E-state index contributed by atoms with van der Waals surface area (Å²) in [6, 6.07) is 6.83. The zero-order valence-electron chi connectivity index (χ0n) is 16.0. The molecule has 2 rings (SSSR count). The highest BCUT2D eigenvalue weighted by atomic mass is 127. The van der Waals surface area contributed by atoms with Crippen LogP contribution in [0.15, 0.2) is 29.3 Å². The van der Waals surface area contributed by atoms with Crippen molar-refractivity contribution in [2.24, 2.45) is 10.4 Å². The van der Waals surface area contributed by atoms with E-state index in [0.29, 0.717) is 5.41 Å². The van der Waals surface area contributed by atoms with Crippen LogP contribution in [0.5, 0.6) is 0 Å². The highest BCUT2D eigenvalue weighted by Gasteiger charge is 2.36. The van der Waals surface area contributed by atoms with Gasteiger partial charge >= 0.3 is 0 Å². The van der Waals surface area contributed by atoms with E-state index in [2.05, 4.69) is 17.6 Å². The van der Waals surface area contributed by atoms with Crippen molar-refractivity contribution in [3.63, 3.8) is 0 Å². The molecule has 0 unspecified atom stereocenters. The maximum atomic E-state index is 13.2. The summed E-state index contributed by atoms with van der Waals surface area (Å²) in [5.41, 5.74) is 1.37. The molecule has 6 heteroatoms. The third-order valence-corrected chi connectivity index (χ3v) is 4.99. The van der Waals surface area contributed by atoms with Gasteiger partial charge in [0.05, 0.1) is 0 Å². The van der Waals surface area contributed by atoms with Crippen molar-refractivity contribution in [1.29, 1.82) is 0 Å². The fourth-order valence-electron chi connectivity index (χ4n) is 3.26. The Morgan fingerprint density at radius 3 is 2.73 bits per heavy atom. The molecule has 0 atom stereocenters. The molecule has 0 aliphatic heterocycles. The number of halogens is 2. The van der Waals surface area contributed by atoms with E-state index in [1.54, 1.807) is 19.2 Å². The quantitative estimate of drug-likeness (QED) is 0.231. The van der Waals surface area contributed by atoms with Crippen LogP contribution in [0.4, 0.5) is 4.39 Å². The summed E-state index contributed by atoms with van der Waals surface area (Å²) in [6.07, 6.45) is 6.70. The van der Waals surface area contributed by atoms with Crippen LogP contribution in [0.2, 0.25) is 0 Å². The largest absolute Gasteiger partial charge is 0.385 e. The van der Waals surface area contributed by atoms with Crippen molar-refractivity contribution in [3.05, 3.63) is 35.6 Å². The van der Waals surface area contributed by atoms with Gasteiger partial charge < -0.3 is 15.4 Å². The number of nitrogens with one attached hydrogen (secondary N) is 2. The Balaban J connectivity index is 0.00000338. The summed E-state index contributed by atoms with van der Waals surface area (Å²) in [5.74, 6) is 0.715. The number of ether oxygens (including phenoxy) is 1. The number of hydrogen-bond donors (Lipinski definition) is 2. The minimum Gasteiger partial charge on any atom is -0.385 e. The molecule has 1 fully saturated rings. The SMILES string of the molecule is CCNC(=NCC1(CCOC)CCC1)NCCCc1cccc(F)c1.I. The van der Waals surface area contributed by atoms with E-state index in [1.165, 1.54) is 25.3 Å². The summed E-state index contributed by atoms with van der Waals surface area (Å²) in [4.78, 5) is 4.80. The van der Waals surface area contributed by atoms with E-state index in [1.807, 2.05) is 6.07 Å². The van der Waals surface area contributed by atoms with Crippen molar-refractivity contribution < 1.29 is 9.13 Å². The van der Waals surface area contributed by atoms with Crippen LogP contribution in [-0.2, 0) is 11.2 Å². The van der Waals surface area contributed by atoms with Gasteiger partial charge in [0.15, 0.2) is 5.96 Å². The number of methoxy groups -OCH3 is 1. The number of aliphatic imine (C=N–C) groups is 1. The number of benzene rings is 1. The normalized spacial score (nSPS) is 15.7. The Morgan fingerprint density at radius 2 is 2.12 bits per heavy atom. The molecule has 0 heterocycles. The van der Waals surface area contributed by atoms with Gasteiger partial charge in [-0.05, 0) is 62.1 Å². The summed E-state index contributed by atoms with van der Waals surface area (Å²) >= 11 is 0. The molecule has 1 aliphatic carbocycles. The van der Waals surface area contributed by atoms with Crippen LogP contribution in [0.3, 0.4) is 0 Å². The molecule has 0 spiro atoms. The number of nitrogens with zero attached hydrogens (tertiary/aromatic N) is 1. The molecule has 0 aromatic heterocycles. The predicted octanol–water partition coefficient (Wildman–Crippen LogP) is 4.14. The second-order valence-corrected chi connectivity index (χ2v) is 6.95. The second-order valence-electron chi connectivity index (χ2n) is 6.95. The Morgan fingerprint density at radius 1 is 1.31 bits per heavy atom. The second kappa shape index (κ2) is 12.5. The molecule has 26 heavy (non-hydrogen) atoms. The van der Waals surface area contributed by atoms with Gasteiger partial charge in [-0.1, -0.05) is 18.6 Å². The minimum atomic E-state index is -0.165. The van der Waals surface area contributed by atoms with E-state index >= 15 is 0 Å². The maximum Gasteiger partial charge on any atom is 0.191 e. The molecule has 1 aromatic rings. The number of hydrogen-bond acceptors (Lipinski definition) is 2. The molecular weight excluding hydrogens is 444 g/mol. The van der Waals surface area contributed by atoms with E-state index in [0.717, 1.165) is 57.0 Å². The van der Waals surface area contributed by atoms with Crippen molar-refractivity contribution in [1.82, 2.24) is 10.6 Å². The van der Waals surface area contributed by atoms with Crippen LogP contribution in [0.25, 0.3) is 0 Å². The van der Waals surface area contributed by atoms with Crippen LogP contribution in [-0.4, -0.2) is 39.3 Å². The van der Waals surface area contributed by atoms with E-state index in [9.17, 15) is 4.39 Å². The van der Waals surface area contributed by atoms with Gasteiger partial charge in [0, 0.05) is 33.4 Å². The molecule has 4 nitrogen and oxygen atoms in total. The third kappa shape index (κ3) is 7.78. The highest BCUT2D eigenvalue weighted by Crippen LogP contribution is 2.44. The van der Waals surface area contributed by atoms with Crippen LogP contribution < -0.4 is 10.6 Å². The zero-order valence-corrected chi connectivity index (χ0v) is 18.4. The first-order chi connectivity index (χ1) is 12.2. The first-order valence-electron chi connectivity index (χ1n) is 9.43. The lowest BCUT2D eigenvalue weighted by atomic mass is 9.67. The van der Waals surface area contributed by atoms with Crippen molar-refractivity contribution in [2.75, 3.05) is 33.4 Å². The Labute approximate surface area is 174 Å². The maximum absolute atomic E-state index is 13.2. The van der Waals surface area contributed by atoms with E-state index in [4.69, 9.17) is 9.73 Å². The minimum absolute atomic E-state index is 0. The Kier molecular flexibility index (Phi) is 11.1. The summed E-state index contributed by atoms with van der Waals surface area (Å²) in [6.45, 7) is 5.42. The topological polar surface area (TPSA) is 45.7 Å². The molecule has 1 saturated carbocycles. The highest BCUT2D eigenvalue weighted by molar-refractivity contribution is 14.0. The van der Waals surface area contributed by atoms with Gasteiger partial charge in [0.25, 0.3) is 0 Å². The van der Waals surface area contributed by atoms with Crippen molar-refractivity contribution >= 4 is 29.9 Å². The van der Waals surface area contributed by atoms with Gasteiger partial charge in [-0.25, -0.2) is 4.39 Å². The number of aryl methyl sites for hydroxylation is 1. The lowest BCUT2D eigenvalue weighted by Gasteiger charge is -2.40. The first kappa shape index (κ1) is 23.1. The van der Waals surface area contributed by atoms with Crippen LogP contribution >= 0.6 is 24.0 Å². The first-order valence-corrected chi connectivity index (χ1v) is 9.43. The van der Waals surface area contributed by atoms with Gasteiger partial charge in [0.2, 0.25) is 0 Å². The summed E-state index contributed by atoms with van der Waals surface area (Å²) < 4.78 is 18.4. The van der Waals surface area contributed by atoms with E-state index in [-0.39, 0.29) is 29.8 Å². The Hall–Kier alpha value is -0.890. The molecule has 1 aromatic carbocycles. The molecule has 0 radical (unpaired) electrons. The lowest BCUT2D eigenvalue weighted by Crippen LogP contribution is -2.40. The molecule has 0 amide bonds.